The van der Waals surface area contributed by atoms with E-state index in [-0.39, 0.29) is 23.7 Å². The first kappa shape index (κ1) is 11.8. The van der Waals surface area contributed by atoms with Gasteiger partial charge in [-0.25, -0.2) is 8.78 Å². The third-order valence-electron chi connectivity index (χ3n) is 2.61. The molecule has 0 saturated carbocycles. The van der Waals surface area contributed by atoms with Gasteiger partial charge in [-0.2, -0.15) is 0 Å². The molecule has 0 aromatic heterocycles. The first-order valence-corrected chi connectivity index (χ1v) is 5.22. The summed E-state index contributed by atoms with van der Waals surface area (Å²) < 4.78 is 27.4. The molecule has 4 nitrogen and oxygen atoms in total. The topological polar surface area (TPSA) is 52.6 Å². The molecule has 1 amide bonds. The Morgan fingerprint density at radius 1 is 1.35 bits per heavy atom. The van der Waals surface area contributed by atoms with E-state index >= 15 is 0 Å². The number of piperazine rings is 1. The van der Waals surface area contributed by atoms with Crippen LogP contribution in [-0.4, -0.2) is 30.6 Å². The van der Waals surface area contributed by atoms with Gasteiger partial charge in [-0.3, -0.25) is 4.79 Å². The Hall–Kier alpha value is -1.69. The first-order valence-electron chi connectivity index (χ1n) is 5.22. The Labute approximate surface area is 96.8 Å². The summed E-state index contributed by atoms with van der Waals surface area (Å²) in [5.41, 5.74) is -0.0396. The molecule has 0 unspecified atom stereocenters. The minimum absolute atomic E-state index is 0.0632. The fraction of sp³-hybridized carbons (Fsp3) is 0.364. The molecule has 92 valence electrons. The molecule has 1 heterocycles. The summed E-state index contributed by atoms with van der Waals surface area (Å²) in [5, 5.41) is 11.4. The van der Waals surface area contributed by atoms with Gasteiger partial charge in [0.15, 0.2) is 0 Å². The number of aliphatic hydroxyl groups excluding tert-OH is 1. The lowest BCUT2D eigenvalue weighted by Gasteiger charge is -2.29. The van der Waals surface area contributed by atoms with Crippen molar-refractivity contribution < 1.29 is 18.7 Å². The van der Waals surface area contributed by atoms with Crippen LogP contribution in [0.3, 0.4) is 0 Å². The van der Waals surface area contributed by atoms with Crippen LogP contribution in [0.5, 0.6) is 0 Å². The zero-order valence-corrected chi connectivity index (χ0v) is 9.04. The van der Waals surface area contributed by atoms with Gasteiger partial charge in [-0.15, -0.1) is 0 Å². The van der Waals surface area contributed by atoms with Gasteiger partial charge in [-0.05, 0) is 17.7 Å². The Bertz CT molecular complexity index is 428. The molecule has 17 heavy (non-hydrogen) atoms. The van der Waals surface area contributed by atoms with Gasteiger partial charge < -0.3 is 15.3 Å². The van der Waals surface area contributed by atoms with Crippen molar-refractivity contribution in [2.45, 2.75) is 6.61 Å². The summed E-state index contributed by atoms with van der Waals surface area (Å²) in [5.74, 6) is -1.78. The first-order chi connectivity index (χ1) is 8.11. The van der Waals surface area contributed by atoms with Crippen LogP contribution < -0.4 is 10.2 Å². The SMILES string of the molecule is O=C1CN(c2c(F)cc(CO)cc2F)CCN1. The molecule has 1 aliphatic rings. The van der Waals surface area contributed by atoms with Crippen molar-refractivity contribution in [3.8, 4) is 0 Å². The number of carbonyl (C=O) groups excluding carboxylic acids is 1. The van der Waals surface area contributed by atoms with Crippen LogP contribution >= 0.6 is 0 Å². The number of benzene rings is 1. The highest BCUT2D eigenvalue weighted by atomic mass is 19.1. The smallest absolute Gasteiger partial charge is 0.239 e. The predicted molar refractivity (Wildman–Crippen MR) is 57.5 cm³/mol. The molecule has 1 aromatic rings. The van der Waals surface area contributed by atoms with Gasteiger partial charge in [0.05, 0.1) is 13.2 Å². The molecule has 0 atom stereocenters. The van der Waals surface area contributed by atoms with Crippen molar-refractivity contribution in [3.63, 3.8) is 0 Å². The average Bonchev–Trinajstić information content (AvgIpc) is 2.28. The highest BCUT2D eigenvalue weighted by molar-refractivity contribution is 5.82. The van der Waals surface area contributed by atoms with Crippen molar-refractivity contribution in [1.29, 1.82) is 0 Å². The van der Waals surface area contributed by atoms with E-state index in [0.29, 0.717) is 13.1 Å². The Morgan fingerprint density at radius 3 is 2.53 bits per heavy atom. The Kier molecular flexibility index (Phi) is 3.23. The fourth-order valence-corrected chi connectivity index (χ4v) is 1.84. The summed E-state index contributed by atoms with van der Waals surface area (Å²) >= 11 is 0. The highest BCUT2D eigenvalue weighted by Gasteiger charge is 2.22. The fourth-order valence-electron chi connectivity index (χ4n) is 1.84. The molecule has 2 rings (SSSR count). The number of carbonyl (C=O) groups is 1. The minimum Gasteiger partial charge on any atom is -0.392 e. The molecule has 0 spiro atoms. The summed E-state index contributed by atoms with van der Waals surface area (Å²) in [7, 11) is 0. The molecule has 0 radical (unpaired) electrons. The van der Waals surface area contributed by atoms with Gasteiger partial charge in [0, 0.05) is 13.1 Å². The van der Waals surface area contributed by atoms with Gasteiger partial charge in [0.25, 0.3) is 0 Å². The van der Waals surface area contributed by atoms with Crippen LogP contribution in [-0.2, 0) is 11.4 Å². The van der Waals surface area contributed by atoms with Crippen LogP contribution in [0.2, 0.25) is 0 Å². The largest absolute Gasteiger partial charge is 0.392 e. The summed E-state index contributed by atoms with van der Waals surface area (Å²) in [6, 6.07) is 2.15. The number of nitrogens with zero attached hydrogens (tertiary/aromatic N) is 1. The molecule has 1 fully saturated rings. The summed E-state index contributed by atoms with van der Waals surface area (Å²) in [6.07, 6.45) is 0. The number of amides is 1. The molecule has 1 saturated heterocycles. The second-order valence-electron chi connectivity index (χ2n) is 3.84. The number of hydrogen-bond acceptors (Lipinski definition) is 3. The van der Waals surface area contributed by atoms with Crippen LogP contribution in [0.25, 0.3) is 0 Å². The van der Waals surface area contributed by atoms with Crippen LogP contribution in [0.15, 0.2) is 12.1 Å². The number of halogens is 2. The molecule has 1 aromatic carbocycles. The van der Waals surface area contributed by atoms with Crippen molar-refractivity contribution in [2.75, 3.05) is 24.5 Å². The lowest BCUT2D eigenvalue weighted by molar-refractivity contribution is -0.120. The molecular weight excluding hydrogens is 230 g/mol. The Morgan fingerprint density at radius 2 is 2.00 bits per heavy atom. The standard InChI is InChI=1S/C11H12F2N2O2/c12-8-3-7(6-16)4-9(13)11(8)15-2-1-14-10(17)5-15/h3-4,16H,1-2,5-6H2,(H,14,17). The second-order valence-corrected chi connectivity index (χ2v) is 3.84. The van der Waals surface area contributed by atoms with Crippen LogP contribution in [0.1, 0.15) is 5.56 Å². The molecular formula is C11H12F2N2O2. The van der Waals surface area contributed by atoms with Gasteiger partial charge in [0.2, 0.25) is 5.91 Å². The number of hydrogen-bond donors (Lipinski definition) is 2. The molecule has 0 bridgehead atoms. The van der Waals surface area contributed by atoms with Crippen LogP contribution in [0, 0.1) is 11.6 Å². The van der Waals surface area contributed by atoms with Crippen LogP contribution in [0.4, 0.5) is 14.5 Å². The lowest BCUT2D eigenvalue weighted by Crippen LogP contribution is -2.48. The molecule has 2 N–H and O–H groups in total. The quantitative estimate of drug-likeness (QED) is 0.789. The normalized spacial score (nSPS) is 15.9. The van der Waals surface area contributed by atoms with Gasteiger partial charge >= 0.3 is 0 Å². The third kappa shape index (κ3) is 2.36. The van der Waals surface area contributed by atoms with Gasteiger partial charge in [0.1, 0.15) is 17.3 Å². The second kappa shape index (κ2) is 4.67. The molecule has 6 heteroatoms. The zero-order valence-electron chi connectivity index (χ0n) is 9.04. The predicted octanol–water partition coefficient (Wildman–Crippen LogP) is 0.393. The number of nitrogens with one attached hydrogen (secondary N) is 1. The van der Waals surface area contributed by atoms with E-state index in [2.05, 4.69) is 5.32 Å². The maximum absolute atomic E-state index is 13.7. The summed E-state index contributed by atoms with van der Waals surface area (Å²) in [6.45, 7) is 0.235. The van der Waals surface area contributed by atoms with E-state index in [0.717, 1.165) is 12.1 Å². The number of rotatable bonds is 2. The van der Waals surface area contributed by atoms with E-state index < -0.39 is 18.2 Å². The average molecular weight is 242 g/mol. The van der Waals surface area contributed by atoms with Crippen molar-refractivity contribution in [1.82, 2.24) is 5.32 Å². The maximum Gasteiger partial charge on any atom is 0.239 e. The van der Waals surface area contributed by atoms with Crippen molar-refractivity contribution in [2.24, 2.45) is 0 Å². The highest BCUT2D eigenvalue weighted by Crippen LogP contribution is 2.25. The van der Waals surface area contributed by atoms with E-state index in [1.807, 2.05) is 0 Å². The Balaban J connectivity index is 2.34. The zero-order chi connectivity index (χ0) is 12.4. The summed E-state index contributed by atoms with van der Waals surface area (Å²) in [4.78, 5) is 12.5. The van der Waals surface area contributed by atoms with E-state index in [1.165, 1.54) is 4.90 Å². The maximum atomic E-state index is 13.7. The number of anilines is 1. The number of aliphatic hydroxyl groups is 1. The van der Waals surface area contributed by atoms with Crippen molar-refractivity contribution in [3.05, 3.63) is 29.3 Å². The van der Waals surface area contributed by atoms with E-state index in [1.54, 1.807) is 0 Å². The third-order valence-corrected chi connectivity index (χ3v) is 2.61. The minimum atomic E-state index is -0.760. The molecule has 1 aliphatic heterocycles. The van der Waals surface area contributed by atoms with Gasteiger partial charge in [-0.1, -0.05) is 0 Å². The van der Waals surface area contributed by atoms with E-state index in [4.69, 9.17) is 5.11 Å². The molecule has 0 aliphatic carbocycles. The van der Waals surface area contributed by atoms with Crippen molar-refractivity contribution >= 4 is 11.6 Å². The monoisotopic (exact) mass is 242 g/mol. The van der Waals surface area contributed by atoms with E-state index in [9.17, 15) is 13.6 Å². The lowest BCUT2D eigenvalue weighted by atomic mass is 10.1.